The zero-order valence-electron chi connectivity index (χ0n) is 23.5. The van der Waals surface area contributed by atoms with Crippen LogP contribution in [0.3, 0.4) is 0 Å². The van der Waals surface area contributed by atoms with E-state index in [1.54, 1.807) is 0 Å². The Morgan fingerprint density at radius 1 is 0.583 bits per heavy atom. The van der Waals surface area contributed by atoms with E-state index in [1.165, 1.54) is 0 Å². The third-order valence-electron chi connectivity index (χ3n) is 7.34. The van der Waals surface area contributed by atoms with Crippen molar-refractivity contribution in [2.24, 2.45) is 11.8 Å². The number of carbonyl (C=O) groups excluding carboxylic acids is 2. The molecule has 0 bridgehead atoms. The fraction of sp³-hybridized carbons (Fsp3) is 0.929. The van der Waals surface area contributed by atoms with Crippen LogP contribution < -0.4 is 0 Å². The molecule has 8 nitrogen and oxygen atoms in total. The number of carbonyl (C=O) groups is 2. The van der Waals surface area contributed by atoms with Crippen LogP contribution in [0.25, 0.3) is 0 Å². The molecule has 2 saturated heterocycles. The van der Waals surface area contributed by atoms with Crippen molar-refractivity contribution in [2.45, 2.75) is 155 Å². The van der Waals surface area contributed by atoms with Crippen molar-refractivity contribution in [3.8, 4) is 0 Å². The first-order valence-corrected chi connectivity index (χ1v) is 14.1. The Hall–Kier alpha value is -1.22. The van der Waals surface area contributed by atoms with Crippen LogP contribution in [0.5, 0.6) is 0 Å². The quantitative estimate of drug-likeness (QED) is 0.326. The van der Waals surface area contributed by atoms with Gasteiger partial charge in [-0.05, 0) is 53.4 Å². The molecule has 2 aliphatic heterocycles. The Kier molecular flexibility index (Phi) is 9.86. The third kappa shape index (κ3) is 6.61. The molecule has 1 aliphatic carbocycles. The first kappa shape index (κ1) is 29.3. The number of hydrogen-bond donors (Lipinski definition) is 0. The fourth-order valence-electron chi connectivity index (χ4n) is 5.91. The van der Waals surface area contributed by atoms with E-state index >= 15 is 0 Å². The molecular weight excluding hydrogens is 464 g/mol. The molecule has 0 aromatic carbocycles. The van der Waals surface area contributed by atoms with Gasteiger partial charge in [0.15, 0.2) is 23.8 Å². The maximum atomic E-state index is 13.3. The molecule has 8 heteroatoms. The van der Waals surface area contributed by atoms with Crippen LogP contribution in [0.4, 0.5) is 0 Å². The maximum absolute atomic E-state index is 13.3. The van der Waals surface area contributed by atoms with Crippen LogP contribution in [0.15, 0.2) is 0 Å². The average molecular weight is 513 g/mol. The Bertz CT molecular complexity index is 648. The third-order valence-corrected chi connectivity index (χ3v) is 7.34. The van der Waals surface area contributed by atoms with Crippen molar-refractivity contribution in [2.75, 3.05) is 0 Å². The van der Waals surface area contributed by atoms with Crippen molar-refractivity contribution >= 4 is 11.9 Å². The molecule has 0 aromatic rings. The molecular formula is C28H48O8. The van der Waals surface area contributed by atoms with Crippen LogP contribution in [0.2, 0.25) is 0 Å². The first-order valence-electron chi connectivity index (χ1n) is 14.1. The summed E-state index contributed by atoms with van der Waals surface area (Å²) in [7, 11) is 0. The smallest absolute Gasteiger partial charge is 0.309 e. The Balaban J connectivity index is 1.91. The van der Waals surface area contributed by atoms with E-state index in [0.717, 1.165) is 51.4 Å². The van der Waals surface area contributed by atoms with Gasteiger partial charge in [0.1, 0.15) is 24.4 Å². The van der Waals surface area contributed by atoms with Crippen LogP contribution in [-0.4, -0.2) is 60.1 Å². The van der Waals surface area contributed by atoms with Gasteiger partial charge in [-0.2, -0.15) is 0 Å². The van der Waals surface area contributed by atoms with E-state index in [1.807, 2.05) is 27.7 Å². The number of hydrogen-bond acceptors (Lipinski definition) is 8. The highest BCUT2D eigenvalue weighted by molar-refractivity contribution is 5.73. The number of fused-ring (bicyclic) bond motifs is 2. The molecule has 3 aliphatic rings. The predicted octanol–water partition coefficient (Wildman–Crippen LogP) is 5.30. The van der Waals surface area contributed by atoms with Gasteiger partial charge in [-0.1, -0.05) is 53.4 Å². The minimum atomic E-state index is -0.933. The summed E-state index contributed by atoms with van der Waals surface area (Å²) in [6.45, 7) is 15.5. The van der Waals surface area contributed by atoms with Gasteiger partial charge >= 0.3 is 11.9 Å². The molecule has 0 N–H and O–H groups in total. The summed E-state index contributed by atoms with van der Waals surface area (Å²) < 4.78 is 37.5. The van der Waals surface area contributed by atoms with Gasteiger partial charge in [0.05, 0.1) is 11.8 Å². The summed E-state index contributed by atoms with van der Waals surface area (Å²) in [6.07, 6.45) is 2.65. The zero-order chi connectivity index (χ0) is 26.7. The summed E-state index contributed by atoms with van der Waals surface area (Å²) in [6, 6.07) is 0. The van der Waals surface area contributed by atoms with E-state index in [9.17, 15) is 9.59 Å². The van der Waals surface area contributed by atoms with E-state index in [4.69, 9.17) is 28.4 Å². The zero-order valence-corrected chi connectivity index (χ0v) is 23.5. The lowest BCUT2D eigenvalue weighted by molar-refractivity contribution is -0.203. The summed E-state index contributed by atoms with van der Waals surface area (Å²) in [5.74, 6) is -2.72. The number of ether oxygens (including phenoxy) is 6. The van der Waals surface area contributed by atoms with Crippen LogP contribution >= 0.6 is 0 Å². The van der Waals surface area contributed by atoms with Crippen molar-refractivity contribution < 1.29 is 38.0 Å². The lowest BCUT2D eigenvalue weighted by Crippen LogP contribution is -2.64. The van der Waals surface area contributed by atoms with Crippen LogP contribution in [0.1, 0.15) is 107 Å². The summed E-state index contributed by atoms with van der Waals surface area (Å²) in [4.78, 5) is 26.6. The molecule has 0 amide bonds. The van der Waals surface area contributed by atoms with Crippen LogP contribution in [0, 0.1) is 11.8 Å². The Labute approximate surface area is 217 Å². The molecule has 2 unspecified atom stereocenters. The Morgan fingerprint density at radius 2 is 0.833 bits per heavy atom. The summed E-state index contributed by atoms with van der Waals surface area (Å²) in [5, 5.41) is 0. The van der Waals surface area contributed by atoms with Gasteiger partial charge in [0, 0.05) is 0 Å². The molecule has 0 aromatic heterocycles. The second kappa shape index (κ2) is 12.1. The Morgan fingerprint density at radius 3 is 1.06 bits per heavy atom. The van der Waals surface area contributed by atoms with Gasteiger partial charge in [-0.25, -0.2) is 0 Å². The summed E-state index contributed by atoms with van der Waals surface area (Å²) in [5.41, 5.74) is 0. The van der Waals surface area contributed by atoms with E-state index < -0.39 is 48.2 Å². The lowest BCUT2D eigenvalue weighted by Gasteiger charge is -2.42. The van der Waals surface area contributed by atoms with Gasteiger partial charge in [-0.15, -0.1) is 0 Å². The summed E-state index contributed by atoms with van der Waals surface area (Å²) >= 11 is 0. The first-order chi connectivity index (χ1) is 17.0. The van der Waals surface area contributed by atoms with E-state index in [0.29, 0.717) is 0 Å². The fourth-order valence-corrected chi connectivity index (χ4v) is 5.91. The molecule has 36 heavy (non-hydrogen) atoms. The van der Waals surface area contributed by atoms with Gasteiger partial charge in [0.25, 0.3) is 0 Å². The minimum Gasteiger partial charge on any atom is -0.456 e. The largest absolute Gasteiger partial charge is 0.456 e. The van der Waals surface area contributed by atoms with E-state index in [2.05, 4.69) is 27.7 Å². The molecule has 6 atom stereocenters. The van der Waals surface area contributed by atoms with Gasteiger partial charge < -0.3 is 28.4 Å². The lowest BCUT2D eigenvalue weighted by atomic mass is 9.84. The topological polar surface area (TPSA) is 89.5 Å². The van der Waals surface area contributed by atoms with Crippen molar-refractivity contribution in [3.63, 3.8) is 0 Å². The van der Waals surface area contributed by atoms with Crippen molar-refractivity contribution in [1.82, 2.24) is 0 Å². The van der Waals surface area contributed by atoms with E-state index in [-0.39, 0.29) is 23.8 Å². The number of rotatable bonds is 12. The highest BCUT2D eigenvalue weighted by Crippen LogP contribution is 2.46. The minimum absolute atomic E-state index is 0.179. The average Bonchev–Trinajstić information content (AvgIpc) is 3.30. The second-order valence-corrected chi connectivity index (χ2v) is 11.5. The SMILES string of the molecule is CCCC(CCC)C(=O)OC1[C@H]2OC(C)(C)O[C@@H]2C(OC(=O)C(CCC)CCC)[C@@H]2OC(C)(C)O[C@H]12. The van der Waals surface area contributed by atoms with Gasteiger partial charge in [-0.3, -0.25) is 9.59 Å². The monoisotopic (exact) mass is 512 g/mol. The predicted molar refractivity (Wildman–Crippen MR) is 134 cm³/mol. The molecule has 3 rings (SSSR count). The van der Waals surface area contributed by atoms with Gasteiger partial charge in [0.2, 0.25) is 0 Å². The van der Waals surface area contributed by atoms with Crippen LogP contribution in [-0.2, 0) is 38.0 Å². The molecule has 3 fully saturated rings. The normalized spacial score (nSPS) is 32.4. The molecule has 0 radical (unpaired) electrons. The molecule has 0 spiro atoms. The maximum Gasteiger partial charge on any atom is 0.309 e. The second-order valence-electron chi connectivity index (χ2n) is 11.5. The molecule has 2 heterocycles. The highest BCUT2D eigenvalue weighted by atomic mass is 16.8. The molecule has 208 valence electrons. The van der Waals surface area contributed by atoms with Crippen molar-refractivity contribution in [1.29, 1.82) is 0 Å². The van der Waals surface area contributed by atoms with Crippen molar-refractivity contribution in [3.05, 3.63) is 0 Å². The number of esters is 2. The highest BCUT2D eigenvalue weighted by Gasteiger charge is 2.66. The standard InChI is InChI=1S/C28H48O8/c1-9-13-17(14-10-2)25(29)31-19-21-23(35-27(5,6)33-21)20(24-22(19)34-28(7,8)36-24)32-26(30)18(15-11-3)16-12-4/h17-24H,9-16H2,1-8H3/t19?,20?,21-,22-,23-,24+/m1/s1. The molecule has 1 saturated carbocycles.